The number of fused-ring (bicyclic) bond motifs is 1. The van der Waals surface area contributed by atoms with E-state index in [9.17, 15) is 9.59 Å². The lowest BCUT2D eigenvalue weighted by Gasteiger charge is -2.12. The number of hydrogen-bond acceptors (Lipinski definition) is 4. The Bertz CT molecular complexity index is 736. The molecule has 0 radical (unpaired) electrons. The van der Waals surface area contributed by atoms with Crippen LogP contribution >= 0.6 is 0 Å². The highest BCUT2D eigenvalue weighted by atomic mass is 16.2. The second-order valence-electron chi connectivity index (χ2n) is 5.13. The summed E-state index contributed by atoms with van der Waals surface area (Å²) in [7, 11) is 0. The predicted octanol–water partition coefficient (Wildman–Crippen LogP) is 1.31. The molecule has 0 saturated carbocycles. The van der Waals surface area contributed by atoms with Crippen LogP contribution in [0.5, 0.6) is 0 Å². The molecule has 0 unspecified atom stereocenters. The number of para-hydroxylation sites is 1. The van der Waals surface area contributed by atoms with Crippen LogP contribution in [0.4, 0.5) is 0 Å². The third-order valence-electron chi connectivity index (χ3n) is 3.57. The van der Waals surface area contributed by atoms with Crippen molar-refractivity contribution < 1.29 is 9.59 Å². The number of pyridine rings is 1. The minimum absolute atomic E-state index is 0.527. The summed E-state index contributed by atoms with van der Waals surface area (Å²) in [5.41, 5.74) is 3.73. The van der Waals surface area contributed by atoms with Crippen LogP contribution in [-0.2, 0) is 9.59 Å². The van der Waals surface area contributed by atoms with Gasteiger partial charge < -0.3 is 4.90 Å². The van der Waals surface area contributed by atoms with Crippen LogP contribution in [-0.4, -0.2) is 41.0 Å². The van der Waals surface area contributed by atoms with Gasteiger partial charge in [-0.2, -0.15) is 5.10 Å². The van der Waals surface area contributed by atoms with Gasteiger partial charge in [-0.25, -0.2) is 10.4 Å². The van der Waals surface area contributed by atoms with E-state index in [1.165, 1.54) is 6.21 Å². The fourth-order valence-electron chi connectivity index (χ4n) is 2.42. The fourth-order valence-corrected chi connectivity index (χ4v) is 2.42. The summed E-state index contributed by atoms with van der Waals surface area (Å²) in [5, 5.41) is 4.84. The van der Waals surface area contributed by atoms with Crippen molar-refractivity contribution in [3.8, 4) is 0 Å². The monoisotopic (exact) mass is 296 g/mol. The molecule has 0 aliphatic carbocycles. The van der Waals surface area contributed by atoms with Gasteiger partial charge in [-0.1, -0.05) is 24.3 Å². The van der Waals surface area contributed by atoms with Gasteiger partial charge in [0.25, 0.3) is 0 Å². The zero-order chi connectivity index (χ0) is 15.4. The summed E-state index contributed by atoms with van der Waals surface area (Å²) in [6, 6.07) is 11.5. The standard InChI is InChI=1S/C16H16N4O2/c21-15(16(22)20-9-3-4-10-20)19-17-11-13-8-7-12-5-1-2-6-14(12)18-13/h1-2,5-8,11H,3-4,9-10H2,(H,19,21)/b17-11-. The largest absolute Gasteiger partial charge is 0.334 e. The zero-order valence-corrected chi connectivity index (χ0v) is 12.0. The van der Waals surface area contributed by atoms with Crippen molar-refractivity contribution in [2.75, 3.05) is 13.1 Å². The Labute approximate surface area is 127 Å². The van der Waals surface area contributed by atoms with Crippen LogP contribution in [0.15, 0.2) is 41.5 Å². The van der Waals surface area contributed by atoms with Crippen molar-refractivity contribution in [2.24, 2.45) is 5.10 Å². The molecule has 2 amide bonds. The van der Waals surface area contributed by atoms with Crippen LogP contribution in [0.1, 0.15) is 18.5 Å². The Balaban J connectivity index is 1.63. The molecule has 6 nitrogen and oxygen atoms in total. The van der Waals surface area contributed by atoms with Crippen LogP contribution in [0.25, 0.3) is 10.9 Å². The van der Waals surface area contributed by atoms with E-state index in [0.717, 1.165) is 23.7 Å². The summed E-state index contributed by atoms with van der Waals surface area (Å²) in [5.74, 6) is -1.24. The first kappa shape index (κ1) is 14.2. The first-order valence-electron chi connectivity index (χ1n) is 7.22. The smallest absolute Gasteiger partial charge is 0.329 e. The van der Waals surface area contributed by atoms with E-state index >= 15 is 0 Å². The van der Waals surface area contributed by atoms with Gasteiger partial charge in [0, 0.05) is 18.5 Å². The highest BCUT2D eigenvalue weighted by Gasteiger charge is 2.23. The Morgan fingerprint density at radius 3 is 2.73 bits per heavy atom. The van der Waals surface area contributed by atoms with Crippen LogP contribution in [0.2, 0.25) is 0 Å². The number of rotatable bonds is 2. The van der Waals surface area contributed by atoms with E-state index in [1.54, 1.807) is 11.0 Å². The number of likely N-dealkylation sites (tertiary alicyclic amines) is 1. The van der Waals surface area contributed by atoms with E-state index in [1.807, 2.05) is 30.3 Å². The van der Waals surface area contributed by atoms with Crippen molar-refractivity contribution in [1.82, 2.24) is 15.3 Å². The number of hydrogen-bond donors (Lipinski definition) is 1. The molecular weight excluding hydrogens is 280 g/mol. The number of benzene rings is 1. The number of aromatic nitrogens is 1. The maximum atomic E-state index is 11.8. The first-order valence-corrected chi connectivity index (χ1v) is 7.22. The van der Waals surface area contributed by atoms with Crippen molar-refractivity contribution in [1.29, 1.82) is 0 Å². The number of hydrazone groups is 1. The molecule has 2 aromatic rings. The number of nitrogens with one attached hydrogen (secondary N) is 1. The zero-order valence-electron chi connectivity index (χ0n) is 12.0. The molecule has 6 heteroatoms. The van der Waals surface area contributed by atoms with Crippen LogP contribution in [0.3, 0.4) is 0 Å². The third kappa shape index (κ3) is 3.11. The van der Waals surface area contributed by atoms with E-state index in [2.05, 4.69) is 15.5 Å². The molecule has 1 fully saturated rings. The molecule has 0 bridgehead atoms. The van der Waals surface area contributed by atoms with Crippen molar-refractivity contribution in [3.05, 3.63) is 42.1 Å². The lowest BCUT2D eigenvalue weighted by Crippen LogP contribution is -2.39. The van der Waals surface area contributed by atoms with Gasteiger partial charge in [0.05, 0.1) is 17.4 Å². The maximum absolute atomic E-state index is 11.8. The lowest BCUT2D eigenvalue weighted by atomic mass is 10.2. The Hall–Kier alpha value is -2.76. The lowest BCUT2D eigenvalue weighted by molar-refractivity contribution is -0.145. The highest BCUT2D eigenvalue weighted by molar-refractivity contribution is 6.35. The second-order valence-corrected chi connectivity index (χ2v) is 5.13. The SMILES string of the molecule is O=C(N/N=C\c1ccc2ccccc2n1)C(=O)N1CCCC1. The molecule has 1 aliphatic rings. The molecular formula is C16H16N4O2. The number of nitrogens with zero attached hydrogens (tertiary/aromatic N) is 3. The van der Waals surface area contributed by atoms with Gasteiger partial charge in [-0.05, 0) is 25.0 Å². The topological polar surface area (TPSA) is 74.7 Å². The number of carbonyl (C=O) groups is 2. The van der Waals surface area contributed by atoms with Crippen molar-refractivity contribution in [3.63, 3.8) is 0 Å². The molecule has 3 rings (SSSR count). The quantitative estimate of drug-likeness (QED) is 0.516. The van der Waals surface area contributed by atoms with Gasteiger partial charge >= 0.3 is 11.8 Å². The molecule has 1 aromatic carbocycles. The van der Waals surface area contributed by atoms with Crippen molar-refractivity contribution in [2.45, 2.75) is 12.8 Å². The van der Waals surface area contributed by atoms with Crippen LogP contribution < -0.4 is 5.43 Å². The Morgan fingerprint density at radius 1 is 1.14 bits per heavy atom. The van der Waals surface area contributed by atoms with E-state index in [0.29, 0.717) is 18.8 Å². The molecule has 2 heterocycles. The second kappa shape index (κ2) is 6.34. The van der Waals surface area contributed by atoms with E-state index < -0.39 is 11.8 Å². The van der Waals surface area contributed by atoms with E-state index in [4.69, 9.17) is 0 Å². The minimum Gasteiger partial charge on any atom is -0.334 e. The van der Waals surface area contributed by atoms with Gasteiger partial charge in [-0.3, -0.25) is 9.59 Å². The van der Waals surface area contributed by atoms with Gasteiger partial charge in [0.2, 0.25) is 0 Å². The Kier molecular flexibility index (Phi) is 4.09. The third-order valence-corrected chi connectivity index (χ3v) is 3.57. The molecule has 1 saturated heterocycles. The van der Waals surface area contributed by atoms with Crippen LogP contribution in [0, 0.1) is 0 Å². The molecule has 0 atom stereocenters. The molecule has 1 aromatic heterocycles. The number of carbonyl (C=O) groups excluding carboxylic acids is 2. The average molecular weight is 296 g/mol. The van der Waals surface area contributed by atoms with Gasteiger partial charge in [0.1, 0.15) is 0 Å². The van der Waals surface area contributed by atoms with Crippen molar-refractivity contribution >= 4 is 28.9 Å². The maximum Gasteiger partial charge on any atom is 0.329 e. The summed E-state index contributed by atoms with van der Waals surface area (Å²) < 4.78 is 0. The normalized spacial score (nSPS) is 14.6. The summed E-state index contributed by atoms with van der Waals surface area (Å²) in [6.07, 6.45) is 3.33. The Morgan fingerprint density at radius 2 is 1.91 bits per heavy atom. The molecule has 1 N–H and O–H groups in total. The first-order chi connectivity index (χ1) is 10.7. The van der Waals surface area contributed by atoms with Gasteiger partial charge in [0.15, 0.2) is 0 Å². The average Bonchev–Trinajstić information content (AvgIpc) is 3.08. The molecule has 1 aliphatic heterocycles. The summed E-state index contributed by atoms with van der Waals surface area (Å²) >= 11 is 0. The highest BCUT2D eigenvalue weighted by Crippen LogP contribution is 2.10. The number of amides is 2. The molecule has 112 valence electrons. The fraction of sp³-hybridized carbons (Fsp3) is 0.250. The van der Waals surface area contributed by atoms with Gasteiger partial charge in [-0.15, -0.1) is 0 Å². The summed E-state index contributed by atoms with van der Waals surface area (Å²) in [4.78, 5) is 29.4. The predicted molar refractivity (Wildman–Crippen MR) is 83.3 cm³/mol. The summed E-state index contributed by atoms with van der Waals surface area (Å²) in [6.45, 7) is 1.28. The minimum atomic E-state index is -0.709. The molecule has 0 spiro atoms. The van der Waals surface area contributed by atoms with E-state index in [-0.39, 0.29) is 0 Å². The molecule has 22 heavy (non-hydrogen) atoms.